The number of nitrogens with one attached hydrogen (secondary N) is 1. The SMILES string of the molecule is O=C1C(CCO)NCCCN1c1cccc(F)c1. The molecular weight excluding hydrogens is 235 g/mol. The zero-order valence-corrected chi connectivity index (χ0v) is 10.1. The van der Waals surface area contributed by atoms with Gasteiger partial charge >= 0.3 is 0 Å². The fourth-order valence-corrected chi connectivity index (χ4v) is 2.15. The average Bonchev–Trinajstić information content (AvgIpc) is 2.53. The Morgan fingerprint density at radius 3 is 3.06 bits per heavy atom. The largest absolute Gasteiger partial charge is 0.396 e. The average molecular weight is 252 g/mol. The van der Waals surface area contributed by atoms with Gasteiger partial charge in [0.15, 0.2) is 0 Å². The minimum Gasteiger partial charge on any atom is -0.396 e. The number of benzene rings is 1. The molecule has 0 bridgehead atoms. The molecule has 1 heterocycles. The Morgan fingerprint density at radius 2 is 2.33 bits per heavy atom. The Labute approximate surface area is 105 Å². The maximum absolute atomic E-state index is 13.2. The number of carbonyl (C=O) groups excluding carboxylic acids is 1. The van der Waals surface area contributed by atoms with Gasteiger partial charge in [-0.25, -0.2) is 4.39 Å². The van der Waals surface area contributed by atoms with Crippen LogP contribution in [0.3, 0.4) is 0 Å². The Hall–Kier alpha value is -1.46. The van der Waals surface area contributed by atoms with Gasteiger partial charge in [0.1, 0.15) is 5.82 Å². The molecule has 1 saturated heterocycles. The van der Waals surface area contributed by atoms with Gasteiger partial charge < -0.3 is 15.3 Å². The molecule has 0 spiro atoms. The molecular formula is C13H17FN2O2. The molecule has 4 nitrogen and oxygen atoms in total. The second-order valence-corrected chi connectivity index (χ2v) is 4.34. The third-order valence-corrected chi connectivity index (χ3v) is 3.05. The fraction of sp³-hybridized carbons (Fsp3) is 0.462. The molecule has 1 aromatic carbocycles. The van der Waals surface area contributed by atoms with Gasteiger partial charge in [0.05, 0.1) is 6.04 Å². The molecule has 1 unspecified atom stereocenters. The van der Waals surface area contributed by atoms with Crippen molar-refractivity contribution in [3.63, 3.8) is 0 Å². The van der Waals surface area contributed by atoms with Crippen LogP contribution in [-0.4, -0.2) is 36.8 Å². The summed E-state index contributed by atoms with van der Waals surface area (Å²) in [6, 6.07) is 5.65. The number of nitrogens with zero attached hydrogens (tertiary/aromatic N) is 1. The lowest BCUT2D eigenvalue weighted by Gasteiger charge is -2.24. The van der Waals surface area contributed by atoms with Crippen LogP contribution >= 0.6 is 0 Å². The first-order valence-corrected chi connectivity index (χ1v) is 6.13. The molecule has 1 fully saturated rings. The first kappa shape index (κ1) is 13.0. The molecule has 1 atom stereocenters. The molecule has 1 aliphatic rings. The summed E-state index contributed by atoms with van der Waals surface area (Å²) < 4.78 is 13.2. The Morgan fingerprint density at radius 1 is 1.50 bits per heavy atom. The lowest BCUT2D eigenvalue weighted by molar-refractivity contribution is -0.120. The molecule has 0 aromatic heterocycles. The van der Waals surface area contributed by atoms with E-state index >= 15 is 0 Å². The maximum atomic E-state index is 13.2. The monoisotopic (exact) mass is 252 g/mol. The highest BCUT2D eigenvalue weighted by Crippen LogP contribution is 2.19. The first-order valence-electron chi connectivity index (χ1n) is 6.13. The van der Waals surface area contributed by atoms with E-state index in [0.29, 0.717) is 18.7 Å². The van der Waals surface area contributed by atoms with Gasteiger partial charge in [-0.1, -0.05) is 6.07 Å². The summed E-state index contributed by atoms with van der Waals surface area (Å²) in [7, 11) is 0. The van der Waals surface area contributed by atoms with E-state index in [1.54, 1.807) is 17.0 Å². The lowest BCUT2D eigenvalue weighted by Crippen LogP contribution is -2.44. The van der Waals surface area contributed by atoms with E-state index < -0.39 is 0 Å². The van der Waals surface area contributed by atoms with Crippen LogP contribution in [0.15, 0.2) is 24.3 Å². The van der Waals surface area contributed by atoms with Crippen LogP contribution in [0.2, 0.25) is 0 Å². The molecule has 5 heteroatoms. The van der Waals surface area contributed by atoms with Gasteiger partial charge in [-0.05, 0) is 37.6 Å². The highest BCUT2D eigenvalue weighted by atomic mass is 19.1. The van der Waals surface area contributed by atoms with Crippen LogP contribution < -0.4 is 10.2 Å². The van der Waals surface area contributed by atoms with E-state index in [2.05, 4.69) is 5.32 Å². The van der Waals surface area contributed by atoms with Gasteiger partial charge in [-0.3, -0.25) is 4.79 Å². The van der Waals surface area contributed by atoms with Crippen molar-refractivity contribution in [1.82, 2.24) is 5.32 Å². The Bertz CT molecular complexity index is 425. The van der Waals surface area contributed by atoms with Crippen LogP contribution in [0.1, 0.15) is 12.8 Å². The van der Waals surface area contributed by atoms with Crippen molar-refractivity contribution < 1.29 is 14.3 Å². The predicted molar refractivity (Wildman–Crippen MR) is 66.9 cm³/mol. The van der Waals surface area contributed by atoms with E-state index in [1.165, 1.54) is 12.1 Å². The van der Waals surface area contributed by atoms with E-state index in [9.17, 15) is 9.18 Å². The predicted octanol–water partition coefficient (Wildman–Crippen LogP) is 0.903. The highest BCUT2D eigenvalue weighted by molar-refractivity contribution is 5.97. The zero-order valence-electron chi connectivity index (χ0n) is 10.1. The normalized spacial score (nSPS) is 20.9. The van der Waals surface area contributed by atoms with Gasteiger partial charge in [0.25, 0.3) is 0 Å². The molecule has 0 radical (unpaired) electrons. The van der Waals surface area contributed by atoms with Crippen LogP contribution in [-0.2, 0) is 4.79 Å². The van der Waals surface area contributed by atoms with Crippen molar-refractivity contribution >= 4 is 11.6 Å². The van der Waals surface area contributed by atoms with Gasteiger partial charge in [0, 0.05) is 18.8 Å². The van der Waals surface area contributed by atoms with E-state index in [-0.39, 0.29) is 24.4 Å². The molecule has 1 amide bonds. The number of hydrogen-bond acceptors (Lipinski definition) is 3. The topological polar surface area (TPSA) is 52.6 Å². The van der Waals surface area contributed by atoms with Crippen LogP contribution in [0, 0.1) is 5.82 Å². The minimum atomic E-state index is -0.388. The smallest absolute Gasteiger partial charge is 0.244 e. The van der Waals surface area contributed by atoms with Crippen molar-refractivity contribution in [3.8, 4) is 0 Å². The summed E-state index contributed by atoms with van der Waals surface area (Å²) in [4.78, 5) is 13.9. The second kappa shape index (κ2) is 5.93. The molecule has 2 rings (SSSR count). The van der Waals surface area contributed by atoms with E-state index in [4.69, 9.17) is 5.11 Å². The molecule has 2 N–H and O–H groups in total. The summed E-state index contributed by atoms with van der Waals surface area (Å²) in [6.45, 7) is 1.25. The van der Waals surface area contributed by atoms with Crippen molar-refractivity contribution in [2.24, 2.45) is 0 Å². The number of amides is 1. The molecule has 1 aliphatic heterocycles. The second-order valence-electron chi connectivity index (χ2n) is 4.34. The third-order valence-electron chi connectivity index (χ3n) is 3.05. The van der Waals surface area contributed by atoms with Crippen LogP contribution in [0.4, 0.5) is 10.1 Å². The lowest BCUT2D eigenvalue weighted by atomic mass is 10.1. The summed E-state index contributed by atoms with van der Waals surface area (Å²) in [6.07, 6.45) is 1.19. The molecule has 18 heavy (non-hydrogen) atoms. The van der Waals surface area contributed by atoms with E-state index in [1.807, 2.05) is 0 Å². The molecule has 98 valence electrons. The van der Waals surface area contributed by atoms with Crippen LogP contribution in [0.25, 0.3) is 0 Å². The molecule has 0 aliphatic carbocycles. The first-order chi connectivity index (χ1) is 8.72. The number of rotatable bonds is 3. The van der Waals surface area contributed by atoms with Crippen molar-refractivity contribution in [2.45, 2.75) is 18.9 Å². The van der Waals surface area contributed by atoms with Gasteiger partial charge in [0.2, 0.25) is 5.91 Å². The highest BCUT2D eigenvalue weighted by Gasteiger charge is 2.27. The van der Waals surface area contributed by atoms with Crippen molar-refractivity contribution in [3.05, 3.63) is 30.1 Å². The van der Waals surface area contributed by atoms with Crippen molar-refractivity contribution in [1.29, 1.82) is 0 Å². The van der Waals surface area contributed by atoms with Gasteiger partial charge in [-0.15, -0.1) is 0 Å². The minimum absolute atomic E-state index is 0.0413. The standard InChI is InChI=1S/C13H17FN2O2/c14-10-3-1-4-11(9-10)16-7-2-6-15-12(5-8-17)13(16)18/h1,3-4,9,12,15,17H,2,5-8H2. The quantitative estimate of drug-likeness (QED) is 0.840. The van der Waals surface area contributed by atoms with Gasteiger partial charge in [-0.2, -0.15) is 0 Å². The number of anilines is 1. The Kier molecular flexibility index (Phi) is 4.28. The zero-order chi connectivity index (χ0) is 13.0. The number of aliphatic hydroxyl groups is 1. The fourth-order valence-electron chi connectivity index (χ4n) is 2.15. The molecule has 0 saturated carbocycles. The number of aliphatic hydroxyl groups excluding tert-OH is 1. The summed E-state index contributed by atoms with van der Waals surface area (Å²) in [5.41, 5.74) is 0.576. The van der Waals surface area contributed by atoms with Crippen molar-refractivity contribution in [2.75, 3.05) is 24.6 Å². The molecule has 1 aromatic rings. The Balaban J connectivity index is 2.22. The number of halogens is 1. The maximum Gasteiger partial charge on any atom is 0.244 e. The summed E-state index contributed by atoms with van der Waals surface area (Å²) in [5.74, 6) is -0.455. The van der Waals surface area contributed by atoms with E-state index in [0.717, 1.165) is 13.0 Å². The third kappa shape index (κ3) is 2.86. The summed E-state index contributed by atoms with van der Waals surface area (Å²) >= 11 is 0. The summed E-state index contributed by atoms with van der Waals surface area (Å²) in [5, 5.41) is 12.1. The number of carbonyl (C=O) groups is 1. The number of hydrogen-bond donors (Lipinski definition) is 2. The van der Waals surface area contributed by atoms with Crippen LogP contribution in [0.5, 0.6) is 0 Å².